The summed E-state index contributed by atoms with van der Waals surface area (Å²) >= 11 is 0. The van der Waals surface area contributed by atoms with E-state index in [2.05, 4.69) is 4.99 Å². The van der Waals surface area contributed by atoms with Gasteiger partial charge in [0.2, 0.25) is 0 Å². The summed E-state index contributed by atoms with van der Waals surface area (Å²) in [5.41, 5.74) is -1.15. The molecule has 0 fully saturated rings. The van der Waals surface area contributed by atoms with Gasteiger partial charge in [0, 0.05) is 0 Å². The lowest BCUT2D eigenvalue weighted by molar-refractivity contribution is -0.139. The van der Waals surface area contributed by atoms with Crippen molar-refractivity contribution in [2.75, 3.05) is 0 Å². The van der Waals surface area contributed by atoms with E-state index in [1.807, 2.05) is 5.32 Å². The molecule has 144 valence electrons. The number of carboxylic acids is 2. The van der Waals surface area contributed by atoms with Gasteiger partial charge in [0.25, 0.3) is 0 Å². The number of amides is 2. The van der Waals surface area contributed by atoms with E-state index in [1.54, 1.807) is 36.4 Å². The molecule has 0 heterocycles. The molecule has 0 saturated carbocycles. The molecule has 0 saturated heterocycles. The van der Waals surface area contributed by atoms with Crippen LogP contribution in [0, 0.1) is 0 Å². The van der Waals surface area contributed by atoms with Crippen molar-refractivity contribution in [1.29, 1.82) is 0 Å². The molecule has 3 N–H and O–H groups in total. The maximum absolute atomic E-state index is 11.9. The van der Waals surface area contributed by atoms with Gasteiger partial charge in [-0.2, -0.15) is 4.99 Å². The monoisotopic (exact) mass is 386 g/mol. The first-order valence-electron chi connectivity index (χ1n) is 7.71. The third-order valence-corrected chi connectivity index (χ3v) is 3.12. The highest BCUT2D eigenvalue weighted by Gasteiger charge is 2.33. The van der Waals surface area contributed by atoms with Crippen molar-refractivity contribution in [2.45, 2.75) is 6.04 Å². The first-order chi connectivity index (χ1) is 13.4. The highest BCUT2D eigenvalue weighted by atomic mass is 16.6. The Morgan fingerprint density at radius 3 is 1.79 bits per heavy atom. The molecule has 0 aliphatic heterocycles. The molecule has 2 amide bonds. The summed E-state index contributed by atoms with van der Waals surface area (Å²) < 4.78 is 9.65. The smallest absolute Gasteiger partial charge is 0.439 e. The van der Waals surface area contributed by atoms with E-state index in [9.17, 15) is 29.4 Å². The molecule has 0 aliphatic rings. The number of nitrogens with zero attached hydrogens (tertiary/aromatic N) is 1. The summed E-state index contributed by atoms with van der Waals surface area (Å²) in [5.74, 6) is -3.43. The standard InChI is InChI=1S/C18H14N2O8/c21-15(22)13(19-17(25)27-11-7-3-1-4-8-11)14(16(23)24)20-18(26)28-12-9-5-2-6-10-12/h1-10,13H,(H,19,25)(H,21,22)(H,23,24). The van der Waals surface area contributed by atoms with Crippen LogP contribution in [0.4, 0.5) is 9.59 Å². The maximum atomic E-state index is 11.9. The molecule has 10 nitrogen and oxygen atoms in total. The number of para-hydroxylation sites is 2. The third kappa shape index (κ3) is 5.95. The minimum absolute atomic E-state index is 0.0734. The normalized spacial score (nSPS) is 11.8. The summed E-state index contributed by atoms with van der Waals surface area (Å²) in [5, 5.41) is 20.3. The van der Waals surface area contributed by atoms with Crippen molar-refractivity contribution >= 4 is 29.8 Å². The minimum Gasteiger partial charge on any atom is -0.479 e. The Balaban J connectivity index is 2.16. The molecule has 2 aromatic carbocycles. The summed E-state index contributed by atoms with van der Waals surface area (Å²) in [6.07, 6.45) is -2.61. The number of nitrogens with one attached hydrogen (secondary N) is 1. The second-order valence-corrected chi connectivity index (χ2v) is 5.10. The molecule has 0 bridgehead atoms. The molecule has 10 heteroatoms. The van der Waals surface area contributed by atoms with E-state index in [-0.39, 0.29) is 11.5 Å². The molecule has 2 aromatic rings. The van der Waals surface area contributed by atoms with Gasteiger partial charge < -0.3 is 25.0 Å². The molecule has 0 aliphatic carbocycles. The van der Waals surface area contributed by atoms with E-state index in [4.69, 9.17) is 9.47 Å². The minimum atomic E-state index is -2.16. The highest BCUT2D eigenvalue weighted by molar-refractivity contribution is 6.43. The van der Waals surface area contributed by atoms with Crippen LogP contribution in [0.5, 0.6) is 11.5 Å². The van der Waals surface area contributed by atoms with E-state index < -0.39 is 35.9 Å². The molecular weight excluding hydrogens is 372 g/mol. The first-order valence-corrected chi connectivity index (χ1v) is 7.71. The van der Waals surface area contributed by atoms with Gasteiger partial charge in [-0.25, -0.2) is 19.2 Å². The SMILES string of the molecule is O=C(N=C(C(=O)O)C(NC(=O)Oc1ccccc1)C(=O)O)Oc1ccccc1. The van der Waals surface area contributed by atoms with Crippen molar-refractivity contribution in [3.8, 4) is 11.5 Å². The summed E-state index contributed by atoms with van der Waals surface area (Å²) in [4.78, 5) is 49.6. The van der Waals surface area contributed by atoms with Crippen LogP contribution in [0.2, 0.25) is 0 Å². The number of aliphatic carboxylic acids is 2. The maximum Gasteiger partial charge on any atom is 0.439 e. The van der Waals surface area contributed by atoms with Gasteiger partial charge in [-0.3, -0.25) is 0 Å². The van der Waals surface area contributed by atoms with E-state index in [1.165, 1.54) is 24.3 Å². The van der Waals surface area contributed by atoms with Gasteiger partial charge in [-0.15, -0.1) is 0 Å². The molecule has 0 radical (unpaired) electrons. The predicted octanol–water partition coefficient (Wildman–Crippen LogP) is 1.95. The van der Waals surface area contributed by atoms with E-state index >= 15 is 0 Å². The van der Waals surface area contributed by atoms with Crippen molar-refractivity contribution < 1.29 is 38.9 Å². The Morgan fingerprint density at radius 1 is 0.821 bits per heavy atom. The highest BCUT2D eigenvalue weighted by Crippen LogP contribution is 2.10. The van der Waals surface area contributed by atoms with Crippen molar-refractivity contribution in [3.63, 3.8) is 0 Å². The summed E-state index contributed by atoms with van der Waals surface area (Å²) in [6, 6.07) is 13.1. The molecule has 0 spiro atoms. The molecular formula is C18H14N2O8. The summed E-state index contributed by atoms with van der Waals surface area (Å²) in [7, 11) is 0. The second-order valence-electron chi connectivity index (χ2n) is 5.10. The van der Waals surface area contributed by atoms with Crippen LogP contribution in [0.15, 0.2) is 65.7 Å². The van der Waals surface area contributed by atoms with Crippen LogP contribution >= 0.6 is 0 Å². The number of carbonyl (C=O) groups excluding carboxylic acids is 2. The van der Waals surface area contributed by atoms with Gasteiger partial charge in [0.15, 0.2) is 11.8 Å². The first kappa shape index (κ1) is 20.1. The largest absolute Gasteiger partial charge is 0.479 e. The topological polar surface area (TPSA) is 152 Å². The molecule has 0 aromatic heterocycles. The van der Waals surface area contributed by atoms with Crippen LogP contribution in [-0.4, -0.2) is 46.1 Å². The van der Waals surface area contributed by atoms with Gasteiger partial charge in [0.1, 0.15) is 11.5 Å². The van der Waals surface area contributed by atoms with E-state index in [0.29, 0.717) is 0 Å². The van der Waals surface area contributed by atoms with Crippen LogP contribution in [0.3, 0.4) is 0 Å². The van der Waals surface area contributed by atoms with Gasteiger partial charge in [0.05, 0.1) is 0 Å². The Kier molecular flexibility index (Phi) is 6.81. The lowest BCUT2D eigenvalue weighted by atomic mass is 10.2. The second kappa shape index (κ2) is 9.48. The zero-order valence-electron chi connectivity index (χ0n) is 14.1. The van der Waals surface area contributed by atoms with Gasteiger partial charge in [-0.1, -0.05) is 36.4 Å². The van der Waals surface area contributed by atoms with E-state index in [0.717, 1.165) is 0 Å². The zero-order chi connectivity index (χ0) is 20.5. The Labute approximate surface area is 158 Å². The van der Waals surface area contributed by atoms with Crippen molar-refractivity contribution in [3.05, 3.63) is 60.7 Å². The molecule has 1 atom stereocenters. The fourth-order valence-electron chi connectivity index (χ4n) is 1.94. The lowest BCUT2D eigenvalue weighted by Crippen LogP contribution is -2.50. The predicted molar refractivity (Wildman–Crippen MR) is 94.6 cm³/mol. The quantitative estimate of drug-likeness (QED) is 0.637. The van der Waals surface area contributed by atoms with Crippen molar-refractivity contribution in [2.24, 2.45) is 4.99 Å². The van der Waals surface area contributed by atoms with Gasteiger partial charge in [-0.05, 0) is 24.3 Å². The van der Waals surface area contributed by atoms with Gasteiger partial charge >= 0.3 is 24.1 Å². The number of aliphatic imine (C=N–C) groups is 1. The Morgan fingerprint density at radius 2 is 1.32 bits per heavy atom. The fraction of sp³-hybridized carbons (Fsp3) is 0.0556. The van der Waals surface area contributed by atoms with Crippen LogP contribution in [0.25, 0.3) is 0 Å². The fourth-order valence-corrected chi connectivity index (χ4v) is 1.94. The molecule has 28 heavy (non-hydrogen) atoms. The lowest BCUT2D eigenvalue weighted by Gasteiger charge is -2.14. The number of ether oxygens (including phenoxy) is 2. The van der Waals surface area contributed by atoms with Crippen LogP contribution < -0.4 is 14.8 Å². The number of carbonyl (C=O) groups is 4. The Bertz CT molecular complexity index is 896. The molecule has 1 unspecified atom stereocenters. The average Bonchev–Trinajstić information content (AvgIpc) is 2.65. The number of rotatable bonds is 6. The number of benzene rings is 2. The van der Waals surface area contributed by atoms with Crippen LogP contribution in [-0.2, 0) is 9.59 Å². The number of carboxylic acid groups (broad SMARTS) is 2. The van der Waals surface area contributed by atoms with Crippen molar-refractivity contribution in [1.82, 2.24) is 5.32 Å². The average molecular weight is 386 g/mol. The van der Waals surface area contributed by atoms with Crippen LogP contribution in [0.1, 0.15) is 0 Å². The number of hydrogen-bond donors (Lipinski definition) is 3. The zero-order valence-corrected chi connectivity index (χ0v) is 14.1. The third-order valence-electron chi connectivity index (χ3n) is 3.12. The number of hydrogen-bond acceptors (Lipinski definition) is 6. The Hall–Kier alpha value is -4.21. The molecule has 2 rings (SSSR count). The summed E-state index contributed by atoms with van der Waals surface area (Å²) in [6.45, 7) is 0.